The molecule has 0 unspecified atom stereocenters. The number of aliphatic hydroxyl groups excluding tert-OH is 1. The van der Waals surface area contributed by atoms with Crippen molar-refractivity contribution in [1.29, 1.82) is 0 Å². The maximum atomic E-state index is 14.5. The molecule has 0 saturated heterocycles. The molecule has 2 aromatic rings. The molecule has 4 heteroatoms. The molecule has 0 amide bonds. The van der Waals surface area contributed by atoms with Crippen LogP contribution in [0, 0.1) is 5.82 Å². The third-order valence-corrected chi connectivity index (χ3v) is 4.62. The molecule has 1 N–H and O–H groups in total. The maximum absolute atomic E-state index is 14.5. The summed E-state index contributed by atoms with van der Waals surface area (Å²) in [5.41, 5.74) is 4.41. The highest BCUT2D eigenvalue weighted by Gasteiger charge is 2.11. The molecular weight excluding hydrogens is 343 g/mol. The highest BCUT2D eigenvalue weighted by Crippen LogP contribution is 2.27. The first kappa shape index (κ1) is 20.8. The molecule has 3 nitrogen and oxygen atoms in total. The molecule has 27 heavy (non-hydrogen) atoms. The molecule has 0 aliphatic carbocycles. The van der Waals surface area contributed by atoms with Crippen molar-refractivity contribution in [3.8, 4) is 11.1 Å². The number of ether oxygens (including phenoxy) is 1. The van der Waals surface area contributed by atoms with E-state index in [0.717, 1.165) is 35.1 Å². The summed E-state index contributed by atoms with van der Waals surface area (Å²) in [6, 6.07) is 10.8. The zero-order valence-corrected chi connectivity index (χ0v) is 16.2. The van der Waals surface area contributed by atoms with E-state index >= 15 is 0 Å². The third kappa shape index (κ3) is 5.51. The minimum absolute atomic E-state index is 0.116. The summed E-state index contributed by atoms with van der Waals surface area (Å²) in [5, 5.41) is 9.57. The van der Waals surface area contributed by atoms with Crippen LogP contribution in [0.25, 0.3) is 11.1 Å². The SMILES string of the molecule is C/C=C(/C)C(=O)OCCc1cc(-c2ccc(CCC)cc2F)ccc1CO. The highest BCUT2D eigenvalue weighted by atomic mass is 19.1. The molecular formula is C23H27FO3. The van der Waals surface area contributed by atoms with E-state index in [1.165, 1.54) is 0 Å². The molecule has 0 spiro atoms. The number of aryl methyl sites for hydroxylation is 1. The fourth-order valence-electron chi connectivity index (χ4n) is 2.90. The first-order chi connectivity index (χ1) is 13.0. The first-order valence-electron chi connectivity index (χ1n) is 9.31. The van der Waals surface area contributed by atoms with E-state index in [4.69, 9.17) is 4.74 Å². The number of rotatable bonds is 8. The third-order valence-electron chi connectivity index (χ3n) is 4.62. The fourth-order valence-corrected chi connectivity index (χ4v) is 2.90. The lowest BCUT2D eigenvalue weighted by atomic mass is 9.96. The van der Waals surface area contributed by atoms with Gasteiger partial charge in [-0.3, -0.25) is 0 Å². The first-order valence-corrected chi connectivity index (χ1v) is 9.31. The van der Waals surface area contributed by atoms with Gasteiger partial charge in [0.25, 0.3) is 0 Å². The lowest BCUT2D eigenvalue weighted by Gasteiger charge is -2.12. The van der Waals surface area contributed by atoms with Crippen molar-refractivity contribution >= 4 is 5.97 Å². The molecule has 144 valence electrons. The van der Waals surface area contributed by atoms with E-state index in [-0.39, 0.29) is 25.0 Å². The van der Waals surface area contributed by atoms with Gasteiger partial charge in [0, 0.05) is 17.6 Å². The molecule has 0 heterocycles. The van der Waals surface area contributed by atoms with E-state index in [2.05, 4.69) is 6.92 Å². The summed E-state index contributed by atoms with van der Waals surface area (Å²) < 4.78 is 19.8. The van der Waals surface area contributed by atoms with Crippen molar-refractivity contribution in [2.24, 2.45) is 0 Å². The van der Waals surface area contributed by atoms with Crippen LogP contribution in [0.3, 0.4) is 0 Å². The van der Waals surface area contributed by atoms with Crippen LogP contribution in [0.1, 0.15) is 43.9 Å². The largest absolute Gasteiger partial charge is 0.462 e. The number of carbonyl (C=O) groups is 1. The summed E-state index contributed by atoms with van der Waals surface area (Å²) >= 11 is 0. The van der Waals surface area contributed by atoms with Gasteiger partial charge in [0.1, 0.15) is 5.82 Å². The van der Waals surface area contributed by atoms with Crippen molar-refractivity contribution in [2.75, 3.05) is 6.61 Å². The summed E-state index contributed by atoms with van der Waals surface area (Å²) in [6.07, 6.45) is 3.98. The molecule has 0 atom stereocenters. The Bertz CT molecular complexity index is 824. The van der Waals surface area contributed by atoms with Gasteiger partial charge >= 0.3 is 5.97 Å². The van der Waals surface area contributed by atoms with Gasteiger partial charge in [0.15, 0.2) is 0 Å². The quantitative estimate of drug-likeness (QED) is 0.526. The topological polar surface area (TPSA) is 46.5 Å². The highest BCUT2D eigenvalue weighted by molar-refractivity contribution is 5.87. The Hall–Kier alpha value is -2.46. The number of hydrogen-bond acceptors (Lipinski definition) is 3. The normalized spacial score (nSPS) is 11.5. The lowest BCUT2D eigenvalue weighted by molar-refractivity contribution is -0.138. The van der Waals surface area contributed by atoms with Gasteiger partial charge in [0.2, 0.25) is 0 Å². The Morgan fingerprint density at radius 3 is 2.56 bits per heavy atom. The molecule has 0 aliphatic rings. The van der Waals surface area contributed by atoms with Crippen molar-refractivity contribution in [3.05, 3.63) is 70.6 Å². The van der Waals surface area contributed by atoms with E-state index in [1.807, 2.05) is 18.2 Å². The van der Waals surface area contributed by atoms with Gasteiger partial charge in [-0.05, 0) is 48.6 Å². The number of aliphatic hydroxyl groups is 1. The Morgan fingerprint density at radius 1 is 1.15 bits per heavy atom. The summed E-state index contributed by atoms with van der Waals surface area (Å²) in [5.74, 6) is -0.601. The van der Waals surface area contributed by atoms with Crippen molar-refractivity contribution in [2.45, 2.75) is 46.6 Å². The monoisotopic (exact) mass is 370 g/mol. The molecule has 0 fully saturated rings. The van der Waals surface area contributed by atoms with Crippen LogP contribution in [0.4, 0.5) is 4.39 Å². The standard InChI is InChI=1S/C23H27FO3/c1-4-6-17-7-10-21(22(24)13-17)19-8-9-20(15-25)18(14-19)11-12-27-23(26)16(3)5-2/h5,7-10,13-14,25H,4,6,11-12,15H2,1-3H3/b16-5-. The number of halogens is 1. The van der Waals surface area contributed by atoms with Crippen LogP contribution in [0.15, 0.2) is 48.0 Å². The van der Waals surface area contributed by atoms with Gasteiger partial charge in [-0.1, -0.05) is 49.8 Å². The molecule has 0 radical (unpaired) electrons. The van der Waals surface area contributed by atoms with Crippen LogP contribution in [0.5, 0.6) is 0 Å². The fraction of sp³-hybridized carbons (Fsp3) is 0.348. The van der Waals surface area contributed by atoms with E-state index in [1.54, 1.807) is 38.1 Å². The molecule has 2 aromatic carbocycles. The van der Waals surface area contributed by atoms with Crippen molar-refractivity contribution in [1.82, 2.24) is 0 Å². The molecule has 2 rings (SSSR count). The van der Waals surface area contributed by atoms with Gasteiger partial charge in [-0.2, -0.15) is 0 Å². The number of esters is 1. The summed E-state index contributed by atoms with van der Waals surface area (Å²) in [7, 11) is 0. The number of benzene rings is 2. The van der Waals surface area contributed by atoms with Gasteiger partial charge in [0.05, 0.1) is 13.2 Å². The Balaban J connectivity index is 2.21. The lowest BCUT2D eigenvalue weighted by Crippen LogP contribution is -2.09. The Kier molecular flexibility index (Phi) is 7.74. The Morgan fingerprint density at radius 2 is 1.93 bits per heavy atom. The number of allylic oxidation sites excluding steroid dienone is 1. The molecule has 0 aromatic heterocycles. The predicted molar refractivity (Wildman–Crippen MR) is 106 cm³/mol. The second-order valence-electron chi connectivity index (χ2n) is 6.56. The van der Waals surface area contributed by atoms with E-state index in [9.17, 15) is 14.3 Å². The maximum Gasteiger partial charge on any atom is 0.333 e. The van der Waals surface area contributed by atoms with Crippen molar-refractivity contribution < 1.29 is 19.0 Å². The summed E-state index contributed by atoms with van der Waals surface area (Å²) in [4.78, 5) is 11.7. The van der Waals surface area contributed by atoms with Crippen molar-refractivity contribution in [3.63, 3.8) is 0 Å². The van der Waals surface area contributed by atoms with Crippen LogP contribution in [-0.2, 0) is 29.0 Å². The second kappa shape index (κ2) is 10.0. The van der Waals surface area contributed by atoms with Crippen LogP contribution in [-0.4, -0.2) is 17.7 Å². The molecule has 0 aliphatic heterocycles. The van der Waals surface area contributed by atoms with E-state index < -0.39 is 0 Å². The zero-order valence-electron chi connectivity index (χ0n) is 16.2. The Labute approximate surface area is 160 Å². The molecule has 0 saturated carbocycles. The zero-order chi connectivity index (χ0) is 19.8. The van der Waals surface area contributed by atoms with Crippen LogP contribution >= 0.6 is 0 Å². The van der Waals surface area contributed by atoms with Gasteiger partial charge in [-0.25, -0.2) is 9.18 Å². The van der Waals surface area contributed by atoms with Gasteiger partial charge < -0.3 is 9.84 Å². The second-order valence-corrected chi connectivity index (χ2v) is 6.56. The predicted octanol–water partition coefficient (Wildman–Crippen LogP) is 4.99. The number of carbonyl (C=O) groups excluding carboxylic acids is 1. The molecule has 0 bridgehead atoms. The van der Waals surface area contributed by atoms with Gasteiger partial charge in [-0.15, -0.1) is 0 Å². The summed E-state index contributed by atoms with van der Waals surface area (Å²) in [6.45, 7) is 5.64. The van der Waals surface area contributed by atoms with E-state index in [0.29, 0.717) is 17.6 Å². The minimum atomic E-state index is -0.350. The smallest absolute Gasteiger partial charge is 0.333 e. The van der Waals surface area contributed by atoms with Crippen LogP contribution < -0.4 is 0 Å². The van der Waals surface area contributed by atoms with Crippen LogP contribution in [0.2, 0.25) is 0 Å². The number of hydrogen-bond donors (Lipinski definition) is 1. The average Bonchev–Trinajstić information content (AvgIpc) is 2.67. The minimum Gasteiger partial charge on any atom is -0.462 e. The average molecular weight is 370 g/mol.